The lowest BCUT2D eigenvalue weighted by Crippen LogP contribution is -2.45. The number of esters is 1. The van der Waals surface area contributed by atoms with E-state index in [1.807, 2.05) is 43.3 Å². The summed E-state index contributed by atoms with van der Waals surface area (Å²) in [4.78, 5) is 26.2. The highest BCUT2D eigenvalue weighted by atomic mass is 16.5. The molecule has 0 saturated heterocycles. The average molecular weight is 450 g/mol. The zero-order valence-electron chi connectivity index (χ0n) is 20.2. The largest absolute Gasteiger partial charge is 0.497 e. The minimum Gasteiger partial charge on any atom is -0.497 e. The van der Waals surface area contributed by atoms with E-state index >= 15 is 0 Å². The van der Waals surface area contributed by atoms with Gasteiger partial charge < -0.3 is 18.8 Å². The fraction of sp³-hybridized carbons (Fsp3) is 0.407. The quantitative estimate of drug-likeness (QED) is 0.496. The highest BCUT2D eigenvalue weighted by Gasteiger charge is 2.49. The molecule has 3 aromatic rings. The van der Waals surface area contributed by atoms with Crippen LogP contribution in [0.1, 0.15) is 59.2 Å². The van der Waals surface area contributed by atoms with Crippen LogP contribution in [0.5, 0.6) is 5.75 Å². The van der Waals surface area contributed by atoms with Crippen LogP contribution in [0.25, 0.3) is 10.9 Å². The second-order valence-electron chi connectivity index (χ2n) is 9.76. The van der Waals surface area contributed by atoms with Crippen LogP contribution in [0.2, 0.25) is 0 Å². The molecule has 0 bridgehead atoms. The topological polar surface area (TPSA) is 66.8 Å². The van der Waals surface area contributed by atoms with Gasteiger partial charge in [-0.1, -0.05) is 26.0 Å². The van der Waals surface area contributed by atoms with E-state index in [1.54, 1.807) is 20.3 Å². The Morgan fingerprint density at radius 3 is 2.33 bits per heavy atom. The number of carbonyl (C=O) groups excluding carboxylic acids is 2. The van der Waals surface area contributed by atoms with Crippen molar-refractivity contribution in [1.29, 1.82) is 0 Å². The van der Waals surface area contributed by atoms with E-state index in [-0.39, 0.29) is 11.2 Å². The van der Waals surface area contributed by atoms with Crippen molar-refractivity contribution in [3.8, 4) is 5.75 Å². The third-order valence-electron chi connectivity index (χ3n) is 6.72. The van der Waals surface area contributed by atoms with Gasteiger partial charge in [-0.05, 0) is 60.2 Å². The molecule has 0 fully saturated rings. The van der Waals surface area contributed by atoms with Gasteiger partial charge in [0.05, 0.1) is 37.5 Å². The molecule has 0 radical (unpaired) electrons. The maximum Gasteiger partial charge on any atom is 0.337 e. The minimum absolute atomic E-state index is 0.0722. The Hall–Kier alpha value is -3.12. The summed E-state index contributed by atoms with van der Waals surface area (Å²) in [5, 5.41) is 0.916. The lowest BCUT2D eigenvalue weighted by Gasteiger charge is -2.41. The summed E-state index contributed by atoms with van der Waals surface area (Å²) in [6, 6.07) is 13.4. The average Bonchev–Trinajstić information content (AvgIpc) is 3.12. The summed E-state index contributed by atoms with van der Waals surface area (Å²) >= 11 is 0. The predicted octanol–water partition coefficient (Wildman–Crippen LogP) is 5.00. The van der Waals surface area contributed by atoms with Crippen molar-refractivity contribution in [2.45, 2.75) is 39.2 Å². The fourth-order valence-corrected chi connectivity index (χ4v) is 5.46. The predicted molar refractivity (Wildman–Crippen MR) is 127 cm³/mol. The molecular formula is C27H31NO5. The van der Waals surface area contributed by atoms with Gasteiger partial charge in [0.1, 0.15) is 5.75 Å². The smallest absolute Gasteiger partial charge is 0.337 e. The molecule has 6 heteroatoms. The standard InChI is InChI=1S/C27H31NO5/c1-26(2)15-27(3,16-31-4)24(29)23-22(26)20-13-18(25(30)33-6)9-12-21(20)28(23)14-17-7-10-19(32-5)11-8-17/h7-13H,14-16H2,1-6H3. The molecule has 0 amide bonds. The van der Waals surface area contributed by atoms with Crippen molar-refractivity contribution in [1.82, 2.24) is 4.57 Å². The van der Waals surface area contributed by atoms with Gasteiger partial charge in [-0.25, -0.2) is 4.79 Å². The molecule has 1 atom stereocenters. The first kappa shape index (κ1) is 23.1. The normalized spacial score (nSPS) is 19.4. The van der Waals surface area contributed by atoms with Crippen molar-refractivity contribution < 1.29 is 23.8 Å². The number of rotatable bonds is 6. The van der Waals surface area contributed by atoms with Crippen LogP contribution in [0, 0.1) is 5.41 Å². The van der Waals surface area contributed by atoms with E-state index in [0.717, 1.165) is 27.8 Å². The first-order valence-electron chi connectivity index (χ1n) is 11.1. The highest BCUT2D eigenvalue weighted by Crippen LogP contribution is 2.50. The van der Waals surface area contributed by atoms with Crippen LogP contribution < -0.4 is 4.74 Å². The van der Waals surface area contributed by atoms with Gasteiger partial charge in [0.2, 0.25) is 0 Å². The monoisotopic (exact) mass is 449 g/mol. The molecule has 4 rings (SSSR count). The highest BCUT2D eigenvalue weighted by molar-refractivity contribution is 6.09. The van der Waals surface area contributed by atoms with Gasteiger partial charge in [0.15, 0.2) is 5.78 Å². The number of ketones is 1. The van der Waals surface area contributed by atoms with Crippen molar-refractivity contribution in [2.24, 2.45) is 5.41 Å². The molecule has 1 aromatic heterocycles. The number of hydrogen-bond donors (Lipinski definition) is 0. The lowest BCUT2D eigenvalue weighted by atomic mass is 9.62. The Kier molecular flexibility index (Phi) is 5.83. The Bertz CT molecular complexity index is 1220. The Morgan fingerprint density at radius 2 is 1.73 bits per heavy atom. The van der Waals surface area contributed by atoms with E-state index in [0.29, 0.717) is 30.8 Å². The zero-order chi connectivity index (χ0) is 24.0. The van der Waals surface area contributed by atoms with E-state index in [9.17, 15) is 9.59 Å². The first-order chi connectivity index (χ1) is 15.6. The van der Waals surface area contributed by atoms with Gasteiger partial charge in [-0.2, -0.15) is 0 Å². The van der Waals surface area contributed by atoms with Crippen LogP contribution in [0.15, 0.2) is 42.5 Å². The van der Waals surface area contributed by atoms with Crippen LogP contribution in [0.4, 0.5) is 0 Å². The number of ether oxygens (including phenoxy) is 3. The van der Waals surface area contributed by atoms with E-state index in [2.05, 4.69) is 18.4 Å². The van der Waals surface area contributed by atoms with Gasteiger partial charge in [0.25, 0.3) is 0 Å². The van der Waals surface area contributed by atoms with E-state index in [4.69, 9.17) is 14.2 Å². The number of fused-ring (bicyclic) bond motifs is 3. The zero-order valence-corrected chi connectivity index (χ0v) is 20.2. The molecule has 1 aliphatic carbocycles. The molecule has 1 aliphatic rings. The van der Waals surface area contributed by atoms with Gasteiger partial charge in [0, 0.05) is 24.6 Å². The minimum atomic E-state index is -0.636. The van der Waals surface area contributed by atoms with Crippen molar-refractivity contribution in [3.63, 3.8) is 0 Å². The van der Waals surface area contributed by atoms with Gasteiger partial charge >= 0.3 is 5.97 Å². The SMILES string of the molecule is COCC1(C)CC(C)(C)c2c(n(Cc3ccc(OC)cc3)c3ccc(C(=O)OC)cc23)C1=O. The Morgan fingerprint density at radius 1 is 1.03 bits per heavy atom. The number of aromatic nitrogens is 1. The van der Waals surface area contributed by atoms with Crippen LogP contribution >= 0.6 is 0 Å². The molecular weight excluding hydrogens is 418 g/mol. The van der Waals surface area contributed by atoms with Crippen molar-refractivity contribution in [3.05, 3.63) is 64.8 Å². The summed E-state index contributed by atoms with van der Waals surface area (Å²) < 4.78 is 17.8. The summed E-state index contributed by atoms with van der Waals surface area (Å²) in [6.07, 6.45) is 0.657. The molecule has 1 unspecified atom stereocenters. The summed E-state index contributed by atoms with van der Waals surface area (Å²) in [7, 11) is 4.65. The van der Waals surface area contributed by atoms with Crippen LogP contribution in [-0.2, 0) is 21.4 Å². The molecule has 6 nitrogen and oxygen atoms in total. The number of carbonyl (C=O) groups is 2. The van der Waals surface area contributed by atoms with Crippen LogP contribution in [-0.4, -0.2) is 44.3 Å². The number of methoxy groups -OCH3 is 3. The third kappa shape index (κ3) is 3.82. The summed E-state index contributed by atoms with van der Waals surface area (Å²) in [5.41, 5.74) is 3.19. The second-order valence-corrected chi connectivity index (χ2v) is 9.76. The summed E-state index contributed by atoms with van der Waals surface area (Å²) in [6.45, 7) is 7.19. The number of Topliss-reactive ketones (excluding diaryl/α,β-unsaturated/α-hetero) is 1. The van der Waals surface area contributed by atoms with Gasteiger partial charge in [-0.3, -0.25) is 4.79 Å². The molecule has 0 N–H and O–H groups in total. The van der Waals surface area contributed by atoms with Crippen molar-refractivity contribution >= 4 is 22.7 Å². The summed E-state index contributed by atoms with van der Waals surface area (Å²) in [5.74, 6) is 0.464. The lowest BCUT2D eigenvalue weighted by molar-refractivity contribution is 0.0434. The van der Waals surface area contributed by atoms with E-state index < -0.39 is 11.4 Å². The molecule has 0 aliphatic heterocycles. The number of hydrogen-bond acceptors (Lipinski definition) is 5. The molecule has 0 saturated carbocycles. The first-order valence-corrected chi connectivity index (χ1v) is 11.1. The Balaban J connectivity index is 1.98. The molecule has 1 heterocycles. The number of benzene rings is 2. The van der Waals surface area contributed by atoms with E-state index in [1.165, 1.54) is 7.11 Å². The fourth-order valence-electron chi connectivity index (χ4n) is 5.46. The van der Waals surface area contributed by atoms with Gasteiger partial charge in [-0.15, -0.1) is 0 Å². The molecule has 2 aromatic carbocycles. The number of nitrogens with zero attached hydrogens (tertiary/aromatic N) is 1. The maximum atomic E-state index is 14.0. The van der Waals surface area contributed by atoms with Crippen molar-refractivity contribution in [2.75, 3.05) is 27.9 Å². The second kappa shape index (κ2) is 8.34. The molecule has 174 valence electrons. The van der Waals surface area contributed by atoms with Crippen LogP contribution in [0.3, 0.4) is 0 Å². The Labute approximate surface area is 194 Å². The molecule has 0 spiro atoms. The third-order valence-corrected chi connectivity index (χ3v) is 6.72. The molecule has 33 heavy (non-hydrogen) atoms. The maximum absolute atomic E-state index is 14.0.